The van der Waals surface area contributed by atoms with Gasteiger partial charge in [0.2, 0.25) is 0 Å². The molecular weight excluding hydrogens is 306 g/mol. The van der Waals surface area contributed by atoms with Gasteiger partial charge in [-0.25, -0.2) is 9.78 Å². The number of benzene rings is 1. The highest BCUT2D eigenvalue weighted by Crippen LogP contribution is 2.22. The highest BCUT2D eigenvalue weighted by atomic mass is 35.5. The summed E-state index contributed by atoms with van der Waals surface area (Å²) in [6, 6.07) is 5.16. The van der Waals surface area contributed by atoms with Crippen molar-refractivity contribution in [3.63, 3.8) is 0 Å². The van der Waals surface area contributed by atoms with Crippen LogP contribution in [0.25, 0.3) is 0 Å². The monoisotopic (exact) mass is 319 g/mol. The predicted molar refractivity (Wildman–Crippen MR) is 81.9 cm³/mol. The molecular formula is C15H14ClN3O3. The Bertz CT molecular complexity index is 702. The number of esters is 1. The lowest BCUT2D eigenvalue weighted by Gasteiger charge is -2.09. The highest BCUT2D eigenvalue weighted by Gasteiger charge is 2.13. The second-order valence-electron chi connectivity index (χ2n) is 4.58. The molecule has 7 heteroatoms. The number of nitrogens with one attached hydrogen (secondary N) is 1. The first-order valence-electron chi connectivity index (χ1n) is 6.48. The van der Waals surface area contributed by atoms with Gasteiger partial charge in [0.15, 0.2) is 12.3 Å². The van der Waals surface area contributed by atoms with E-state index in [0.717, 1.165) is 5.56 Å². The van der Waals surface area contributed by atoms with Crippen molar-refractivity contribution in [3.05, 3.63) is 52.6 Å². The molecule has 0 saturated heterocycles. The largest absolute Gasteiger partial charge is 0.451 e. The van der Waals surface area contributed by atoms with Gasteiger partial charge < -0.3 is 10.1 Å². The van der Waals surface area contributed by atoms with Crippen LogP contribution in [-0.4, -0.2) is 28.5 Å². The lowest BCUT2D eigenvalue weighted by Crippen LogP contribution is -2.21. The van der Waals surface area contributed by atoms with Crippen molar-refractivity contribution in [1.82, 2.24) is 9.97 Å². The van der Waals surface area contributed by atoms with E-state index in [4.69, 9.17) is 16.3 Å². The second-order valence-corrected chi connectivity index (χ2v) is 4.99. The van der Waals surface area contributed by atoms with Crippen molar-refractivity contribution in [2.24, 2.45) is 0 Å². The normalized spacial score (nSPS) is 10.1. The maximum Gasteiger partial charge on any atom is 0.359 e. The number of amides is 1. The molecule has 0 atom stereocenters. The van der Waals surface area contributed by atoms with Crippen molar-refractivity contribution in [2.45, 2.75) is 13.8 Å². The lowest BCUT2D eigenvalue weighted by atomic mass is 10.2. The lowest BCUT2D eigenvalue weighted by molar-refractivity contribution is -0.119. The zero-order chi connectivity index (χ0) is 16.1. The first-order valence-corrected chi connectivity index (χ1v) is 6.86. The minimum Gasteiger partial charge on any atom is -0.451 e. The Morgan fingerprint density at radius 1 is 1.23 bits per heavy atom. The Hall–Kier alpha value is -2.47. The number of rotatable bonds is 4. The summed E-state index contributed by atoms with van der Waals surface area (Å²) < 4.78 is 4.89. The summed E-state index contributed by atoms with van der Waals surface area (Å²) in [4.78, 5) is 31.3. The highest BCUT2D eigenvalue weighted by molar-refractivity contribution is 6.31. The zero-order valence-electron chi connectivity index (χ0n) is 12.1. The minimum atomic E-state index is -0.703. The van der Waals surface area contributed by atoms with Crippen molar-refractivity contribution in [1.29, 1.82) is 0 Å². The van der Waals surface area contributed by atoms with Crippen molar-refractivity contribution >= 4 is 29.2 Å². The fourth-order valence-corrected chi connectivity index (χ4v) is 1.81. The van der Waals surface area contributed by atoms with Gasteiger partial charge >= 0.3 is 5.97 Å². The number of ether oxygens (including phenoxy) is 1. The van der Waals surface area contributed by atoms with Crippen LogP contribution in [0.3, 0.4) is 0 Å². The van der Waals surface area contributed by atoms with Gasteiger partial charge in [0.25, 0.3) is 5.91 Å². The molecule has 0 fully saturated rings. The number of carbonyl (C=O) groups is 2. The second kappa shape index (κ2) is 7.00. The first-order chi connectivity index (χ1) is 10.5. The molecule has 1 heterocycles. The standard InChI is InChI=1S/C15H14ClN3O3/c1-9-6-18-13(7-17-9)15(21)22-8-14(20)19-12-5-3-4-11(16)10(12)2/h3-7H,8H2,1-2H3,(H,19,20). The molecule has 1 aromatic carbocycles. The zero-order valence-corrected chi connectivity index (χ0v) is 12.8. The third-order valence-electron chi connectivity index (χ3n) is 2.87. The molecule has 1 N–H and O–H groups in total. The third kappa shape index (κ3) is 4.02. The molecule has 0 spiro atoms. The summed E-state index contributed by atoms with van der Waals surface area (Å²) in [6.45, 7) is 3.12. The van der Waals surface area contributed by atoms with Gasteiger partial charge in [0.1, 0.15) is 0 Å². The third-order valence-corrected chi connectivity index (χ3v) is 3.28. The molecule has 1 amide bonds. The van der Waals surface area contributed by atoms with Gasteiger partial charge in [-0.05, 0) is 31.5 Å². The summed E-state index contributed by atoms with van der Waals surface area (Å²) in [6.07, 6.45) is 2.75. The molecule has 114 valence electrons. The maximum absolute atomic E-state index is 11.8. The molecule has 2 aromatic rings. The predicted octanol–water partition coefficient (Wildman–Crippen LogP) is 2.54. The van der Waals surface area contributed by atoms with Gasteiger partial charge in [-0.2, -0.15) is 0 Å². The number of hydrogen-bond donors (Lipinski definition) is 1. The summed E-state index contributed by atoms with van der Waals surface area (Å²) in [5, 5.41) is 3.18. The number of aromatic nitrogens is 2. The average Bonchev–Trinajstić information content (AvgIpc) is 2.50. The van der Waals surface area contributed by atoms with Gasteiger partial charge in [-0.1, -0.05) is 17.7 Å². The van der Waals surface area contributed by atoms with Crippen molar-refractivity contribution in [3.8, 4) is 0 Å². The molecule has 2 rings (SSSR count). The topological polar surface area (TPSA) is 81.2 Å². The quantitative estimate of drug-likeness (QED) is 0.876. The smallest absolute Gasteiger partial charge is 0.359 e. The van der Waals surface area contributed by atoms with E-state index in [1.165, 1.54) is 12.4 Å². The number of halogens is 1. The average molecular weight is 320 g/mol. The molecule has 0 radical (unpaired) electrons. The van der Waals surface area contributed by atoms with Gasteiger partial charge in [0.05, 0.1) is 11.9 Å². The first kappa shape index (κ1) is 15.9. The summed E-state index contributed by atoms with van der Waals surface area (Å²) in [5.41, 5.74) is 2.06. The van der Waals surface area contributed by atoms with Gasteiger partial charge in [-0.15, -0.1) is 0 Å². The fraction of sp³-hybridized carbons (Fsp3) is 0.200. The Labute approximate surface area is 132 Å². The van der Waals surface area contributed by atoms with Gasteiger partial charge in [0, 0.05) is 16.9 Å². The van der Waals surface area contributed by atoms with E-state index in [-0.39, 0.29) is 5.69 Å². The van der Waals surface area contributed by atoms with Crippen LogP contribution in [0, 0.1) is 13.8 Å². The summed E-state index contributed by atoms with van der Waals surface area (Å²) in [7, 11) is 0. The number of hydrogen-bond acceptors (Lipinski definition) is 5. The molecule has 1 aromatic heterocycles. The van der Waals surface area contributed by atoms with Crippen LogP contribution in [0.4, 0.5) is 5.69 Å². The van der Waals surface area contributed by atoms with Crippen LogP contribution in [0.5, 0.6) is 0 Å². The van der Waals surface area contributed by atoms with Gasteiger partial charge in [-0.3, -0.25) is 9.78 Å². The Morgan fingerprint density at radius 3 is 2.68 bits per heavy atom. The molecule has 22 heavy (non-hydrogen) atoms. The van der Waals surface area contributed by atoms with E-state index in [1.807, 2.05) is 0 Å². The molecule has 0 aliphatic rings. The molecule has 0 aliphatic carbocycles. The number of carbonyl (C=O) groups excluding carboxylic acids is 2. The Morgan fingerprint density at radius 2 is 2.00 bits per heavy atom. The van der Waals surface area contributed by atoms with Crippen LogP contribution < -0.4 is 5.32 Å². The van der Waals surface area contributed by atoms with Crippen LogP contribution in [0.2, 0.25) is 5.02 Å². The van der Waals surface area contributed by atoms with Crippen molar-refractivity contribution < 1.29 is 14.3 Å². The Balaban J connectivity index is 1.91. The molecule has 0 saturated carbocycles. The molecule has 6 nitrogen and oxygen atoms in total. The van der Waals surface area contributed by atoms with Crippen LogP contribution >= 0.6 is 11.6 Å². The van der Waals surface area contributed by atoms with Crippen LogP contribution in [-0.2, 0) is 9.53 Å². The summed E-state index contributed by atoms with van der Waals surface area (Å²) in [5.74, 6) is -1.16. The maximum atomic E-state index is 11.8. The van der Waals surface area contributed by atoms with E-state index in [0.29, 0.717) is 16.4 Å². The van der Waals surface area contributed by atoms with E-state index >= 15 is 0 Å². The number of nitrogens with zero attached hydrogens (tertiary/aromatic N) is 2. The number of anilines is 1. The minimum absolute atomic E-state index is 0.0531. The SMILES string of the molecule is Cc1cnc(C(=O)OCC(=O)Nc2cccc(Cl)c2C)cn1. The van der Waals surface area contributed by atoms with Crippen molar-refractivity contribution in [2.75, 3.05) is 11.9 Å². The summed E-state index contributed by atoms with van der Waals surface area (Å²) >= 11 is 5.97. The Kier molecular flexibility index (Phi) is 5.06. The van der Waals surface area contributed by atoms with E-state index in [9.17, 15) is 9.59 Å². The fourth-order valence-electron chi connectivity index (χ4n) is 1.63. The van der Waals surface area contributed by atoms with E-state index in [2.05, 4.69) is 15.3 Å². The van der Waals surface area contributed by atoms with Crippen LogP contribution in [0.15, 0.2) is 30.6 Å². The molecule has 0 aliphatic heterocycles. The number of aryl methyl sites for hydroxylation is 1. The molecule has 0 bridgehead atoms. The van der Waals surface area contributed by atoms with Crippen LogP contribution in [0.1, 0.15) is 21.7 Å². The van der Waals surface area contributed by atoms with E-state index in [1.54, 1.807) is 32.0 Å². The molecule has 0 unspecified atom stereocenters. The van der Waals surface area contributed by atoms with E-state index < -0.39 is 18.5 Å².